The molecule has 0 radical (unpaired) electrons. The predicted octanol–water partition coefficient (Wildman–Crippen LogP) is 10.5. The Balaban J connectivity index is 0.000000996. The molecule has 2 aromatic carbocycles. The van der Waals surface area contributed by atoms with Crippen molar-refractivity contribution in [2.45, 2.75) is 94.5 Å². The van der Waals surface area contributed by atoms with Crippen molar-refractivity contribution >= 4 is 22.8 Å². The molecule has 1 saturated heterocycles. The van der Waals surface area contributed by atoms with Gasteiger partial charge in [0, 0.05) is 29.7 Å². The number of carbonyl (C=O) groups excluding carboxylic acids is 1. The quantitative estimate of drug-likeness (QED) is 0.210. The maximum Gasteiger partial charge on any atom is 0.335 e. The lowest BCUT2D eigenvalue weighted by atomic mass is 10.0. The molecule has 0 unspecified atom stereocenters. The van der Waals surface area contributed by atoms with Gasteiger partial charge in [0.05, 0.1) is 35.7 Å². The van der Waals surface area contributed by atoms with Crippen molar-refractivity contribution in [2.75, 3.05) is 26.3 Å². The average molecular weight is 682 g/mol. The molecule has 1 amide bonds. The number of aryl methyl sites for hydroxylation is 3. The molecule has 3 heterocycles. The smallest absolute Gasteiger partial charge is 0.335 e. The Hall–Kier alpha value is -4.49. The lowest BCUT2D eigenvalue weighted by Gasteiger charge is -2.27. The number of fused-ring (bicyclic) bond motifs is 1. The van der Waals surface area contributed by atoms with Crippen LogP contribution in [0.15, 0.2) is 78.9 Å². The largest absolute Gasteiger partial charge is 0.478 e. The number of nitrogens with zero attached hydrogens (tertiary/aromatic N) is 3. The second-order valence-corrected chi connectivity index (χ2v) is 12.1. The zero-order chi connectivity index (χ0) is 37.1. The van der Waals surface area contributed by atoms with E-state index in [9.17, 15) is 14.7 Å². The number of hydrogen-bond acceptors (Lipinski definition) is 4. The summed E-state index contributed by atoms with van der Waals surface area (Å²) < 4.78 is 7.46. The summed E-state index contributed by atoms with van der Waals surface area (Å²) in [6.07, 6.45) is 4.19. The third kappa shape index (κ3) is 11.5. The molecule has 7 nitrogen and oxygen atoms in total. The van der Waals surface area contributed by atoms with Crippen LogP contribution in [0.3, 0.4) is 0 Å². The molecule has 270 valence electrons. The van der Waals surface area contributed by atoms with Crippen LogP contribution in [0.4, 0.5) is 0 Å². The monoisotopic (exact) mass is 681 g/mol. The van der Waals surface area contributed by atoms with E-state index in [4.69, 9.17) is 9.72 Å². The van der Waals surface area contributed by atoms with Gasteiger partial charge in [-0.05, 0) is 61.2 Å². The molecule has 0 saturated carbocycles. The van der Waals surface area contributed by atoms with Crippen molar-refractivity contribution in [3.05, 3.63) is 101 Å². The number of carboxylic acids is 1. The summed E-state index contributed by atoms with van der Waals surface area (Å²) >= 11 is 0. The molecule has 1 N–H and O–H groups in total. The predicted molar refractivity (Wildman–Crippen MR) is 209 cm³/mol. The molecule has 0 spiro atoms. The van der Waals surface area contributed by atoms with E-state index in [1.165, 1.54) is 12.8 Å². The summed E-state index contributed by atoms with van der Waals surface area (Å²) in [5, 5.41) is 10.7. The van der Waals surface area contributed by atoms with Crippen LogP contribution in [0.2, 0.25) is 0 Å². The highest BCUT2D eigenvalue weighted by Crippen LogP contribution is 2.35. The third-order valence-electron chi connectivity index (χ3n) is 7.71. The maximum absolute atomic E-state index is 13.6. The van der Waals surface area contributed by atoms with E-state index in [-0.39, 0.29) is 18.0 Å². The van der Waals surface area contributed by atoms with E-state index in [0.717, 1.165) is 63.1 Å². The van der Waals surface area contributed by atoms with Crippen LogP contribution >= 0.6 is 0 Å². The van der Waals surface area contributed by atoms with Gasteiger partial charge in [0.25, 0.3) is 0 Å². The normalized spacial score (nSPS) is 11.9. The molecule has 0 atom stereocenters. The molecular weight excluding hydrogens is 622 g/mol. The van der Waals surface area contributed by atoms with Crippen molar-refractivity contribution in [1.82, 2.24) is 14.5 Å². The second-order valence-electron chi connectivity index (χ2n) is 12.1. The van der Waals surface area contributed by atoms with Crippen LogP contribution in [-0.4, -0.2) is 57.7 Å². The van der Waals surface area contributed by atoms with Gasteiger partial charge in [0.1, 0.15) is 6.54 Å². The number of aromatic carboxylic acids is 1. The molecule has 7 heteroatoms. The van der Waals surface area contributed by atoms with Gasteiger partial charge < -0.3 is 19.3 Å². The molecule has 0 aliphatic carbocycles. The molecule has 1 aliphatic heterocycles. The first kappa shape index (κ1) is 41.7. The average Bonchev–Trinajstić information content (AvgIpc) is 3.41. The Labute approximate surface area is 300 Å². The standard InChI is InChI=1S/C35H37N3O4.2C3H8.C2H6/c1-4-9-30-29-17-16-27(35(40)41)22-32(29)38(23-33(39)37-18-20-42-21-19-37)34(30)26-11-6-8-13-31(36-25(3)14-15-26)28-12-7-5-10-24(28)2;2*1-3-2;1-2/h5-8,10-17,22H,4,9,18-21,23H2,1-3H3,(H,40,41);2*3H2,1-2H3;1-2H3. The Morgan fingerprint density at radius 2 is 1.44 bits per heavy atom. The van der Waals surface area contributed by atoms with Crippen molar-refractivity contribution in [2.24, 2.45) is 0 Å². The lowest BCUT2D eigenvalue weighted by Crippen LogP contribution is -2.42. The first-order chi connectivity index (χ1) is 24.2. The topological polar surface area (TPSA) is 84.7 Å². The number of ether oxygens (including phenoxy) is 1. The molecule has 0 bridgehead atoms. The Morgan fingerprint density at radius 1 is 0.820 bits per heavy atom. The van der Waals surface area contributed by atoms with Crippen LogP contribution in [-0.2, 0) is 22.5 Å². The second kappa shape index (κ2) is 22.3. The van der Waals surface area contributed by atoms with Crippen molar-refractivity contribution < 1.29 is 19.4 Å². The molecular formula is C43H59N3O4. The molecule has 4 aromatic rings. The fourth-order valence-corrected chi connectivity index (χ4v) is 5.60. The highest BCUT2D eigenvalue weighted by molar-refractivity contribution is 5.98. The van der Waals surface area contributed by atoms with Crippen LogP contribution < -0.4 is 0 Å². The molecule has 5 rings (SSSR count). The summed E-state index contributed by atoms with van der Waals surface area (Å²) in [6.45, 7) is 20.9. The summed E-state index contributed by atoms with van der Waals surface area (Å²) in [6, 6.07) is 25.5. The maximum atomic E-state index is 13.6. The Morgan fingerprint density at radius 3 is 2.06 bits per heavy atom. The zero-order valence-corrected chi connectivity index (χ0v) is 31.9. The molecule has 50 heavy (non-hydrogen) atoms. The summed E-state index contributed by atoms with van der Waals surface area (Å²) in [5.41, 5.74) is 7.88. The van der Waals surface area contributed by atoms with E-state index in [2.05, 4.69) is 59.7 Å². The van der Waals surface area contributed by atoms with E-state index >= 15 is 0 Å². The highest BCUT2D eigenvalue weighted by Gasteiger charge is 2.24. The zero-order valence-electron chi connectivity index (χ0n) is 31.9. The Kier molecular flexibility index (Phi) is 18.6. The van der Waals surface area contributed by atoms with Gasteiger partial charge in [0.2, 0.25) is 5.91 Å². The van der Waals surface area contributed by atoms with E-state index in [1.807, 2.05) is 78.8 Å². The minimum absolute atomic E-state index is 0.0104. The van der Waals surface area contributed by atoms with Gasteiger partial charge in [0.15, 0.2) is 0 Å². The van der Waals surface area contributed by atoms with E-state index in [1.54, 1.807) is 12.1 Å². The summed E-state index contributed by atoms with van der Waals surface area (Å²) in [5.74, 6) is -1.00. The van der Waals surface area contributed by atoms with E-state index in [0.29, 0.717) is 26.3 Å². The van der Waals surface area contributed by atoms with Crippen LogP contribution in [0.25, 0.3) is 33.4 Å². The van der Waals surface area contributed by atoms with Gasteiger partial charge in [-0.1, -0.05) is 122 Å². The molecule has 1 fully saturated rings. The Bertz CT molecular complexity index is 1720. The summed E-state index contributed by atoms with van der Waals surface area (Å²) in [7, 11) is 0. The number of carboxylic acid groups (broad SMARTS) is 1. The van der Waals surface area contributed by atoms with Crippen LogP contribution in [0.5, 0.6) is 0 Å². The molecule has 2 aromatic heterocycles. The number of carbonyl (C=O) groups is 2. The number of morpholine rings is 1. The van der Waals surface area contributed by atoms with Gasteiger partial charge in [-0.15, -0.1) is 0 Å². The SMILES string of the molecule is CC.CCC.CCC.CCCc1c(-c2ccccc(-c3ccccc3C)nc(C)cc2)n(CC(=O)N2CCOCC2)c2cc(C(=O)O)ccc12. The first-order valence-electron chi connectivity index (χ1n) is 18.3. The van der Waals surface area contributed by atoms with E-state index < -0.39 is 5.97 Å². The van der Waals surface area contributed by atoms with Crippen molar-refractivity contribution in [3.63, 3.8) is 0 Å². The number of amides is 1. The number of benzene rings is 2. The van der Waals surface area contributed by atoms with Crippen LogP contribution in [0.1, 0.15) is 94.9 Å². The fourth-order valence-electron chi connectivity index (χ4n) is 5.60. The van der Waals surface area contributed by atoms with Gasteiger partial charge >= 0.3 is 5.97 Å². The highest BCUT2D eigenvalue weighted by atomic mass is 16.5. The van der Waals surface area contributed by atoms with Gasteiger partial charge in [-0.3, -0.25) is 9.78 Å². The fraction of sp³-hybridized carbons (Fsp3) is 0.419. The number of hydrogen-bond donors (Lipinski definition) is 1. The third-order valence-corrected chi connectivity index (χ3v) is 7.71. The van der Waals surface area contributed by atoms with Gasteiger partial charge in [-0.2, -0.15) is 0 Å². The first-order valence-corrected chi connectivity index (χ1v) is 18.3. The molecule has 1 aliphatic rings. The van der Waals surface area contributed by atoms with Crippen molar-refractivity contribution in [3.8, 4) is 22.5 Å². The number of aromatic nitrogens is 2. The summed E-state index contributed by atoms with van der Waals surface area (Å²) in [4.78, 5) is 32.3. The van der Waals surface area contributed by atoms with Crippen molar-refractivity contribution in [1.29, 1.82) is 0 Å². The van der Waals surface area contributed by atoms with Crippen LogP contribution in [0, 0.1) is 13.8 Å². The lowest BCUT2D eigenvalue weighted by molar-refractivity contribution is -0.135. The van der Waals surface area contributed by atoms with Gasteiger partial charge in [-0.25, -0.2) is 4.79 Å². The minimum atomic E-state index is -0.994. The number of rotatable bonds is 7. The minimum Gasteiger partial charge on any atom is -0.478 e.